The number of anilines is 1. The maximum atomic E-state index is 13.4. The second kappa shape index (κ2) is 9.86. The molecule has 3 rings (SSSR count). The van der Waals surface area contributed by atoms with Crippen LogP contribution in [0.2, 0.25) is 0 Å². The number of carbonyl (C=O) groups excluding carboxylic acids is 1. The van der Waals surface area contributed by atoms with Crippen LogP contribution in [0.15, 0.2) is 71.2 Å². The van der Waals surface area contributed by atoms with E-state index in [9.17, 15) is 14.4 Å². The van der Waals surface area contributed by atoms with Gasteiger partial charge in [-0.25, -0.2) is 4.39 Å². The maximum absolute atomic E-state index is 13.4. The van der Waals surface area contributed by atoms with Crippen molar-refractivity contribution in [3.8, 4) is 11.8 Å². The van der Waals surface area contributed by atoms with E-state index in [0.717, 1.165) is 11.1 Å². The number of nitrogens with zero attached hydrogens (tertiary/aromatic N) is 1. The van der Waals surface area contributed by atoms with E-state index in [2.05, 4.69) is 27.3 Å². The third kappa shape index (κ3) is 5.79. The van der Waals surface area contributed by atoms with E-state index < -0.39 is 5.82 Å². The SMILES string of the molecule is Cc1ccc(NC(=O)COc2ccc(/C=C(/C#N)c3cccc(F)c3)cc2Br)cc1. The molecule has 0 aliphatic heterocycles. The topological polar surface area (TPSA) is 62.1 Å². The Hall–Kier alpha value is -3.43. The molecule has 0 radical (unpaired) electrons. The lowest BCUT2D eigenvalue weighted by atomic mass is 10.0. The van der Waals surface area contributed by atoms with E-state index in [1.54, 1.807) is 36.4 Å². The summed E-state index contributed by atoms with van der Waals surface area (Å²) in [6.07, 6.45) is 1.66. The van der Waals surface area contributed by atoms with Gasteiger partial charge in [0.25, 0.3) is 5.91 Å². The van der Waals surface area contributed by atoms with Gasteiger partial charge in [0.15, 0.2) is 6.61 Å². The molecular formula is C24H18BrFN2O2. The Morgan fingerprint density at radius 1 is 1.17 bits per heavy atom. The first-order chi connectivity index (χ1) is 14.4. The highest BCUT2D eigenvalue weighted by molar-refractivity contribution is 9.10. The molecule has 0 bridgehead atoms. The standard InChI is InChI=1S/C24H18BrFN2O2/c1-16-5-8-21(9-6-16)28-24(29)15-30-23-10-7-17(12-22(23)25)11-19(14-27)18-3-2-4-20(26)13-18/h2-13H,15H2,1H3,(H,28,29)/b19-11-. The molecule has 0 fully saturated rings. The van der Waals surface area contributed by atoms with E-state index in [-0.39, 0.29) is 12.5 Å². The lowest BCUT2D eigenvalue weighted by molar-refractivity contribution is -0.118. The number of ether oxygens (including phenoxy) is 1. The number of hydrogen-bond acceptors (Lipinski definition) is 3. The second-order valence-electron chi connectivity index (χ2n) is 6.57. The minimum Gasteiger partial charge on any atom is -0.483 e. The van der Waals surface area contributed by atoms with Crippen LogP contribution in [0.3, 0.4) is 0 Å². The van der Waals surface area contributed by atoms with Crippen molar-refractivity contribution >= 4 is 39.2 Å². The smallest absolute Gasteiger partial charge is 0.262 e. The number of carbonyl (C=O) groups is 1. The van der Waals surface area contributed by atoms with Gasteiger partial charge in [-0.2, -0.15) is 5.26 Å². The molecule has 0 saturated carbocycles. The number of allylic oxidation sites excluding steroid dienone is 1. The predicted octanol–water partition coefficient (Wildman–Crippen LogP) is 5.98. The van der Waals surface area contributed by atoms with Crippen molar-refractivity contribution in [2.45, 2.75) is 6.92 Å². The summed E-state index contributed by atoms with van der Waals surface area (Å²) in [6.45, 7) is 1.83. The van der Waals surface area contributed by atoms with Gasteiger partial charge in [-0.15, -0.1) is 0 Å². The van der Waals surface area contributed by atoms with E-state index in [1.807, 2.05) is 31.2 Å². The number of hydrogen-bond donors (Lipinski definition) is 1. The maximum Gasteiger partial charge on any atom is 0.262 e. The highest BCUT2D eigenvalue weighted by Gasteiger charge is 2.08. The molecule has 4 nitrogen and oxygen atoms in total. The molecule has 150 valence electrons. The van der Waals surface area contributed by atoms with Gasteiger partial charge >= 0.3 is 0 Å². The first-order valence-corrected chi connectivity index (χ1v) is 9.90. The van der Waals surface area contributed by atoms with Crippen molar-refractivity contribution in [1.29, 1.82) is 5.26 Å². The van der Waals surface area contributed by atoms with Crippen LogP contribution in [0.25, 0.3) is 11.6 Å². The molecule has 30 heavy (non-hydrogen) atoms. The average Bonchev–Trinajstić information content (AvgIpc) is 2.73. The van der Waals surface area contributed by atoms with Crippen LogP contribution in [0.4, 0.5) is 10.1 Å². The molecule has 1 N–H and O–H groups in total. The minimum absolute atomic E-state index is 0.144. The van der Waals surface area contributed by atoms with Crippen LogP contribution in [0, 0.1) is 24.1 Å². The normalized spacial score (nSPS) is 10.9. The molecule has 0 aromatic heterocycles. The molecule has 0 saturated heterocycles. The molecule has 0 heterocycles. The zero-order chi connectivity index (χ0) is 21.5. The van der Waals surface area contributed by atoms with Crippen LogP contribution in [0.1, 0.15) is 16.7 Å². The Labute approximate surface area is 182 Å². The molecule has 1 amide bonds. The molecule has 0 atom stereocenters. The summed E-state index contributed by atoms with van der Waals surface area (Å²) in [5, 5.41) is 12.2. The van der Waals surface area contributed by atoms with Crippen LogP contribution >= 0.6 is 15.9 Å². The van der Waals surface area contributed by atoms with E-state index in [1.165, 1.54) is 12.1 Å². The van der Waals surface area contributed by atoms with E-state index in [4.69, 9.17) is 4.74 Å². The first-order valence-electron chi connectivity index (χ1n) is 9.11. The van der Waals surface area contributed by atoms with E-state index in [0.29, 0.717) is 27.0 Å². The summed E-state index contributed by atoms with van der Waals surface area (Å²) in [6, 6.07) is 20.7. The molecule has 0 aliphatic rings. The van der Waals surface area contributed by atoms with Crippen molar-refractivity contribution in [2.24, 2.45) is 0 Å². The van der Waals surface area contributed by atoms with Crippen molar-refractivity contribution in [3.63, 3.8) is 0 Å². The third-order valence-electron chi connectivity index (χ3n) is 4.22. The molecule has 0 spiro atoms. The van der Waals surface area contributed by atoms with Gasteiger partial charge in [0.2, 0.25) is 0 Å². The predicted molar refractivity (Wildman–Crippen MR) is 119 cm³/mol. The van der Waals surface area contributed by atoms with Crippen LogP contribution < -0.4 is 10.1 Å². The van der Waals surface area contributed by atoms with Gasteiger partial charge in [-0.3, -0.25) is 4.79 Å². The Bertz CT molecular complexity index is 1130. The summed E-state index contributed by atoms with van der Waals surface area (Å²) >= 11 is 3.42. The fourth-order valence-electron chi connectivity index (χ4n) is 2.70. The van der Waals surface area contributed by atoms with Crippen molar-refractivity contribution in [1.82, 2.24) is 0 Å². The Morgan fingerprint density at radius 3 is 2.60 bits per heavy atom. The molecule has 0 aliphatic carbocycles. The van der Waals surface area contributed by atoms with Gasteiger partial charge in [0, 0.05) is 5.69 Å². The number of halogens is 2. The number of amides is 1. The van der Waals surface area contributed by atoms with Crippen LogP contribution in [-0.4, -0.2) is 12.5 Å². The van der Waals surface area contributed by atoms with E-state index >= 15 is 0 Å². The number of nitriles is 1. The number of nitrogens with one attached hydrogen (secondary N) is 1. The third-order valence-corrected chi connectivity index (χ3v) is 4.84. The van der Waals surface area contributed by atoms with Gasteiger partial charge in [-0.1, -0.05) is 35.9 Å². The van der Waals surface area contributed by atoms with Gasteiger partial charge in [0.1, 0.15) is 11.6 Å². The summed E-state index contributed by atoms with van der Waals surface area (Å²) in [5.41, 5.74) is 3.39. The summed E-state index contributed by atoms with van der Waals surface area (Å²) < 4.78 is 19.7. The summed E-state index contributed by atoms with van der Waals surface area (Å²) in [5.74, 6) is -0.175. The zero-order valence-corrected chi connectivity index (χ0v) is 17.7. The number of aryl methyl sites for hydroxylation is 1. The summed E-state index contributed by atoms with van der Waals surface area (Å²) in [7, 11) is 0. The Balaban J connectivity index is 1.66. The molecular weight excluding hydrogens is 447 g/mol. The van der Waals surface area contributed by atoms with Crippen LogP contribution in [-0.2, 0) is 4.79 Å². The molecule has 0 unspecified atom stereocenters. The summed E-state index contributed by atoms with van der Waals surface area (Å²) in [4.78, 5) is 12.1. The second-order valence-corrected chi connectivity index (χ2v) is 7.43. The monoisotopic (exact) mass is 464 g/mol. The quantitative estimate of drug-likeness (QED) is 0.360. The Morgan fingerprint density at radius 2 is 1.93 bits per heavy atom. The van der Waals surface area contributed by atoms with Gasteiger partial charge in [0.05, 0.1) is 16.1 Å². The Kier molecular flexibility index (Phi) is 6.99. The highest BCUT2D eigenvalue weighted by atomic mass is 79.9. The fraction of sp³-hybridized carbons (Fsp3) is 0.0833. The largest absolute Gasteiger partial charge is 0.483 e. The van der Waals surface area contributed by atoms with Gasteiger partial charge in [-0.05, 0) is 76.5 Å². The van der Waals surface area contributed by atoms with Crippen molar-refractivity contribution in [3.05, 3.63) is 93.7 Å². The lowest BCUT2D eigenvalue weighted by Gasteiger charge is -2.10. The zero-order valence-electron chi connectivity index (χ0n) is 16.2. The first kappa shape index (κ1) is 21.3. The molecule has 3 aromatic rings. The minimum atomic E-state index is -0.400. The van der Waals surface area contributed by atoms with Gasteiger partial charge < -0.3 is 10.1 Å². The van der Waals surface area contributed by atoms with Crippen molar-refractivity contribution in [2.75, 3.05) is 11.9 Å². The lowest BCUT2D eigenvalue weighted by Crippen LogP contribution is -2.20. The average molecular weight is 465 g/mol. The number of rotatable bonds is 6. The number of benzene rings is 3. The highest BCUT2D eigenvalue weighted by Crippen LogP contribution is 2.28. The van der Waals surface area contributed by atoms with Crippen LogP contribution in [0.5, 0.6) is 5.75 Å². The molecule has 6 heteroatoms. The van der Waals surface area contributed by atoms with Crippen molar-refractivity contribution < 1.29 is 13.9 Å². The fourth-order valence-corrected chi connectivity index (χ4v) is 3.21. The molecule has 3 aromatic carbocycles.